The number of hydrogen-bond acceptors (Lipinski definition) is 5. The number of carbonyl (C=O) groups is 1. The van der Waals surface area contributed by atoms with Gasteiger partial charge in [0.05, 0.1) is 36.9 Å². The molecule has 178 valence electrons. The van der Waals surface area contributed by atoms with E-state index in [1.165, 1.54) is 5.56 Å². The summed E-state index contributed by atoms with van der Waals surface area (Å²) < 4.78 is 13.4. The minimum Gasteiger partial charge on any atom is -0.493 e. The number of imidazole rings is 1. The number of nitrogens with one attached hydrogen (secondary N) is 2. The zero-order valence-corrected chi connectivity index (χ0v) is 20.3. The van der Waals surface area contributed by atoms with Gasteiger partial charge >= 0.3 is 0 Å². The van der Waals surface area contributed by atoms with Gasteiger partial charge in [0, 0.05) is 16.9 Å². The van der Waals surface area contributed by atoms with E-state index in [1.54, 1.807) is 14.2 Å². The number of para-hydroxylation sites is 3. The van der Waals surface area contributed by atoms with Crippen LogP contribution in [0.5, 0.6) is 11.5 Å². The first-order valence-corrected chi connectivity index (χ1v) is 11.6. The van der Waals surface area contributed by atoms with Crippen molar-refractivity contribution in [3.05, 3.63) is 89.1 Å². The molecule has 1 aliphatic heterocycles. The monoisotopic (exact) mass is 468 g/mol. The number of hydrogen-bond donors (Lipinski definition) is 2. The fourth-order valence-corrected chi connectivity index (χ4v) is 4.70. The molecule has 1 unspecified atom stereocenters. The molecule has 0 radical (unpaired) electrons. The van der Waals surface area contributed by atoms with E-state index in [0.29, 0.717) is 23.0 Å². The average Bonchev–Trinajstić information content (AvgIpc) is 3.25. The number of nitrogens with zero attached hydrogens (tertiary/aromatic N) is 2. The third-order valence-electron chi connectivity index (χ3n) is 6.42. The second-order valence-electron chi connectivity index (χ2n) is 8.45. The van der Waals surface area contributed by atoms with E-state index in [1.807, 2.05) is 73.7 Å². The van der Waals surface area contributed by atoms with Crippen LogP contribution in [0.1, 0.15) is 31.0 Å². The molecule has 0 spiro atoms. The van der Waals surface area contributed by atoms with E-state index in [2.05, 4.69) is 22.1 Å². The van der Waals surface area contributed by atoms with Crippen molar-refractivity contribution in [2.75, 3.05) is 24.9 Å². The van der Waals surface area contributed by atoms with Crippen molar-refractivity contribution in [3.63, 3.8) is 0 Å². The quantitative estimate of drug-likeness (QED) is 0.388. The lowest BCUT2D eigenvalue weighted by Gasteiger charge is -2.31. The van der Waals surface area contributed by atoms with Crippen LogP contribution in [0.3, 0.4) is 0 Å². The summed E-state index contributed by atoms with van der Waals surface area (Å²) in [7, 11) is 3.22. The second-order valence-corrected chi connectivity index (χ2v) is 8.45. The Bertz CT molecular complexity index is 1440. The number of allylic oxidation sites excluding steroid dienone is 1. The summed E-state index contributed by atoms with van der Waals surface area (Å²) in [5.74, 6) is 1.65. The van der Waals surface area contributed by atoms with E-state index in [9.17, 15) is 4.79 Å². The van der Waals surface area contributed by atoms with Gasteiger partial charge in [0.2, 0.25) is 5.95 Å². The van der Waals surface area contributed by atoms with Gasteiger partial charge in [-0.1, -0.05) is 43.3 Å². The predicted molar refractivity (Wildman–Crippen MR) is 138 cm³/mol. The Hall–Kier alpha value is -4.26. The summed E-state index contributed by atoms with van der Waals surface area (Å²) in [5.41, 5.74) is 5.82. The van der Waals surface area contributed by atoms with Crippen LogP contribution in [0.2, 0.25) is 0 Å². The SMILES string of the molecule is CCc1ccc(NC(=O)C2=C(C)Nc3nc4ccccc4n3C2c2cccc(OC)c2OC)cc1. The number of anilines is 2. The molecule has 1 atom stereocenters. The standard InChI is InChI=1S/C28H28N4O3/c1-5-18-13-15-19(16-14-18)30-27(33)24-17(2)29-28-31-21-10-6-7-11-22(21)32(28)25(24)20-9-8-12-23(34-3)26(20)35-4/h6-16,25H,5H2,1-4H3,(H,29,31)(H,30,33). The number of fused-ring (bicyclic) bond motifs is 3. The van der Waals surface area contributed by atoms with Gasteiger partial charge < -0.3 is 20.1 Å². The number of rotatable bonds is 6. The first-order chi connectivity index (χ1) is 17.0. The van der Waals surface area contributed by atoms with Crippen molar-refractivity contribution in [2.24, 2.45) is 0 Å². The first kappa shape index (κ1) is 22.5. The number of ether oxygens (including phenoxy) is 2. The van der Waals surface area contributed by atoms with Gasteiger partial charge in [-0.05, 0) is 49.2 Å². The Balaban J connectivity index is 1.68. The van der Waals surface area contributed by atoms with Crippen molar-refractivity contribution < 1.29 is 14.3 Å². The molecule has 0 aliphatic carbocycles. The zero-order chi connectivity index (χ0) is 24.5. The van der Waals surface area contributed by atoms with E-state index >= 15 is 0 Å². The Morgan fingerprint density at radius 2 is 1.80 bits per heavy atom. The summed E-state index contributed by atoms with van der Waals surface area (Å²) in [5, 5.41) is 6.44. The van der Waals surface area contributed by atoms with Crippen LogP contribution in [0.25, 0.3) is 11.0 Å². The molecule has 1 aliphatic rings. The van der Waals surface area contributed by atoms with Crippen LogP contribution in [-0.2, 0) is 11.2 Å². The van der Waals surface area contributed by atoms with Gasteiger partial charge in [-0.2, -0.15) is 0 Å². The van der Waals surface area contributed by atoms with Crippen molar-refractivity contribution in [1.29, 1.82) is 0 Å². The molecule has 2 N–H and O–H groups in total. The van der Waals surface area contributed by atoms with Crippen LogP contribution in [-0.4, -0.2) is 29.7 Å². The van der Waals surface area contributed by atoms with Crippen LogP contribution >= 0.6 is 0 Å². The lowest BCUT2D eigenvalue weighted by atomic mass is 9.93. The maximum Gasteiger partial charge on any atom is 0.255 e. The van der Waals surface area contributed by atoms with Crippen LogP contribution in [0.4, 0.5) is 11.6 Å². The molecule has 0 saturated carbocycles. The number of benzene rings is 3. The lowest BCUT2D eigenvalue weighted by molar-refractivity contribution is -0.113. The molecule has 7 heteroatoms. The van der Waals surface area contributed by atoms with Crippen molar-refractivity contribution >= 4 is 28.6 Å². The first-order valence-electron chi connectivity index (χ1n) is 11.6. The Kier molecular flexibility index (Phi) is 5.91. The van der Waals surface area contributed by atoms with Gasteiger partial charge in [0.15, 0.2) is 11.5 Å². The molecule has 7 nitrogen and oxygen atoms in total. The number of aryl methyl sites for hydroxylation is 1. The molecule has 1 amide bonds. The molecule has 1 aromatic heterocycles. The van der Waals surface area contributed by atoms with Gasteiger partial charge in [-0.15, -0.1) is 0 Å². The van der Waals surface area contributed by atoms with Gasteiger partial charge in [-0.25, -0.2) is 4.98 Å². The van der Waals surface area contributed by atoms with Gasteiger partial charge in [0.1, 0.15) is 0 Å². The lowest BCUT2D eigenvalue weighted by Crippen LogP contribution is -2.31. The zero-order valence-electron chi connectivity index (χ0n) is 20.3. The average molecular weight is 469 g/mol. The number of amides is 1. The predicted octanol–water partition coefficient (Wildman–Crippen LogP) is 5.54. The van der Waals surface area contributed by atoms with E-state index in [4.69, 9.17) is 14.5 Å². The minimum atomic E-state index is -0.487. The maximum absolute atomic E-state index is 13.8. The Morgan fingerprint density at radius 3 is 2.51 bits per heavy atom. The topological polar surface area (TPSA) is 77.4 Å². The van der Waals surface area contributed by atoms with Crippen LogP contribution < -0.4 is 20.1 Å². The molecular formula is C28H28N4O3. The molecule has 0 fully saturated rings. The highest BCUT2D eigenvalue weighted by atomic mass is 16.5. The number of aromatic nitrogens is 2. The Labute approximate surface area is 204 Å². The minimum absolute atomic E-state index is 0.197. The van der Waals surface area contributed by atoms with Gasteiger partial charge in [0.25, 0.3) is 5.91 Å². The molecule has 5 rings (SSSR count). The molecule has 4 aromatic rings. The van der Waals surface area contributed by atoms with Crippen LogP contribution in [0.15, 0.2) is 78.0 Å². The van der Waals surface area contributed by atoms with Crippen molar-refractivity contribution in [3.8, 4) is 11.5 Å². The third kappa shape index (κ3) is 3.89. The van der Waals surface area contributed by atoms with Gasteiger partial charge in [-0.3, -0.25) is 9.36 Å². The number of methoxy groups -OCH3 is 2. The second kappa shape index (κ2) is 9.18. The fourth-order valence-electron chi connectivity index (χ4n) is 4.70. The summed E-state index contributed by atoms with van der Waals surface area (Å²) in [6.45, 7) is 4.01. The summed E-state index contributed by atoms with van der Waals surface area (Å²) in [6.07, 6.45) is 0.941. The highest BCUT2D eigenvalue weighted by Crippen LogP contribution is 2.45. The maximum atomic E-state index is 13.8. The molecule has 3 aromatic carbocycles. The van der Waals surface area contributed by atoms with E-state index in [0.717, 1.165) is 34.4 Å². The largest absolute Gasteiger partial charge is 0.493 e. The highest BCUT2D eigenvalue weighted by molar-refractivity contribution is 6.06. The highest BCUT2D eigenvalue weighted by Gasteiger charge is 2.36. The Morgan fingerprint density at radius 1 is 1.03 bits per heavy atom. The molecule has 0 bridgehead atoms. The normalized spacial score (nSPS) is 14.9. The van der Waals surface area contributed by atoms with Crippen molar-refractivity contribution in [2.45, 2.75) is 26.3 Å². The number of carbonyl (C=O) groups excluding carboxylic acids is 1. The summed E-state index contributed by atoms with van der Waals surface area (Å²) >= 11 is 0. The smallest absolute Gasteiger partial charge is 0.255 e. The summed E-state index contributed by atoms with van der Waals surface area (Å²) in [4.78, 5) is 18.6. The van der Waals surface area contributed by atoms with Crippen molar-refractivity contribution in [1.82, 2.24) is 9.55 Å². The van der Waals surface area contributed by atoms with E-state index in [-0.39, 0.29) is 5.91 Å². The molecular weight excluding hydrogens is 440 g/mol. The van der Waals surface area contributed by atoms with E-state index < -0.39 is 6.04 Å². The summed E-state index contributed by atoms with van der Waals surface area (Å²) in [6, 6.07) is 21.1. The van der Waals surface area contributed by atoms with Crippen LogP contribution in [0, 0.1) is 0 Å². The molecule has 0 saturated heterocycles. The fraction of sp³-hybridized carbons (Fsp3) is 0.214. The molecule has 35 heavy (non-hydrogen) atoms. The molecule has 2 heterocycles. The third-order valence-corrected chi connectivity index (χ3v) is 6.42.